The van der Waals surface area contributed by atoms with Crippen LogP contribution in [-0.2, 0) is 4.79 Å². The van der Waals surface area contributed by atoms with Crippen molar-refractivity contribution in [1.82, 2.24) is 5.48 Å². The zero-order valence-electron chi connectivity index (χ0n) is 10.7. The number of unbranched alkanes of at least 4 members (excludes halogenated alkanes) is 2. The number of hydroxylamine groups is 1. The van der Waals surface area contributed by atoms with Crippen molar-refractivity contribution in [2.75, 3.05) is 5.88 Å². The maximum atomic E-state index is 11.0. The van der Waals surface area contributed by atoms with Gasteiger partial charge in [0, 0.05) is 11.4 Å². The summed E-state index contributed by atoms with van der Waals surface area (Å²) in [6.07, 6.45) is 3.73. The van der Waals surface area contributed by atoms with Crippen LogP contribution in [0.1, 0.15) is 36.5 Å². The zero-order chi connectivity index (χ0) is 14.7. The van der Waals surface area contributed by atoms with Gasteiger partial charge < -0.3 is 5.11 Å². The average Bonchev–Trinajstić information content (AvgIpc) is 2.45. The first-order valence-electron chi connectivity index (χ1n) is 5.90. The minimum Gasteiger partial charge on any atom is -0.508 e. The number of benzene rings is 1. The summed E-state index contributed by atoms with van der Waals surface area (Å²) >= 11 is 5.38. The number of halogens is 1. The lowest BCUT2D eigenvalue weighted by Crippen LogP contribution is -2.27. The normalized spacial score (nSPS) is 9.21. The Labute approximate surface area is 117 Å². The lowest BCUT2D eigenvalue weighted by atomic mass is 10.1. The van der Waals surface area contributed by atoms with E-state index in [0.717, 1.165) is 5.88 Å². The number of carbonyl (C=O) groups is 2. The van der Waals surface area contributed by atoms with Gasteiger partial charge in [0.25, 0.3) is 5.78 Å². The summed E-state index contributed by atoms with van der Waals surface area (Å²) in [4.78, 5) is 21.7. The Balaban J connectivity index is 0.000000459. The van der Waals surface area contributed by atoms with Crippen molar-refractivity contribution in [1.29, 1.82) is 0 Å². The van der Waals surface area contributed by atoms with E-state index in [2.05, 4.69) is 6.92 Å². The molecule has 0 aliphatic heterocycles. The van der Waals surface area contributed by atoms with Gasteiger partial charge >= 0.3 is 5.91 Å². The molecule has 1 aromatic rings. The maximum absolute atomic E-state index is 11.0. The molecule has 1 rings (SSSR count). The average molecular weight is 288 g/mol. The van der Waals surface area contributed by atoms with Gasteiger partial charge in [0.1, 0.15) is 5.75 Å². The van der Waals surface area contributed by atoms with Crippen molar-refractivity contribution in [3.05, 3.63) is 29.8 Å². The van der Waals surface area contributed by atoms with Crippen LogP contribution in [0.3, 0.4) is 0 Å². The standard InChI is InChI=1S/C8H7NO4.C5H11Cl/c10-6-3-1-5(2-4-6)7(11)8(12)9-13;1-2-3-4-5-6/h1-4,10,13H,(H,9,12);2-5H2,1H3. The van der Waals surface area contributed by atoms with E-state index in [1.807, 2.05) is 0 Å². The van der Waals surface area contributed by atoms with Crippen LogP contribution in [0, 0.1) is 0 Å². The number of hydrogen-bond donors (Lipinski definition) is 3. The number of hydrogen-bond acceptors (Lipinski definition) is 4. The molecule has 0 aliphatic rings. The third-order valence-corrected chi connectivity index (χ3v) is 2.44. The Kier molecular flexibility index (Phi) is 9.48. The van der Waals surface area contributed by atoms with Crippen molar-refractivity contribution in [3.63, 3.8) is 0 Å². The van der Waals surface area contributed by atoms with Crippen LogP contribution >= 0.6 is 11.6 Å². The van der Waals surface area contributed by atoms with Gasteiger partial charge in [0.05, 0.1) is 0 Å². The lowest BCUT2D eigenvalue weighted by Gasteiger charge is -1.97. The second-order valence-electron chi connectivity index (χ2n) is 3.71. The van der Waals surface area contributed by atoms with Crippen molar-refractivity contribution in [3.8, 4) is 5.75 Å². The van der Waals surface area contributed by atoms with Crippen LogP contribution < -0.4 is 5.48 Å². The minimum atomic E-state index is -1.11. The van der Waals surface area contributed by atoms with E-state index in [-0.39, 0.29) is 11.3 Å². The fourth-order valence-electron chi connectivity index (χ4n) is 1.14. The molecular formula is C13H18ClNO4. The predicted octanol–water partition coefficient (Wildman–Crippen LogP) is 2.50. The smallest absolute Gasteiger partial charge is 0.315 e. The summed E-state index contributed by atoms with van der Waals surface area (Å²) in [7, 11) is 0. The second kappa shape index (κ2) is 10.3. The summed E-state index contributed by atoms with van der Waals surface area (Å²) in [5.74, 6) is -1.14. The van der Waals surface area contributed by atoms with Crippen LogP contribution in [0.25, 0.3) is 0 Å². The van der Waals surface area contributed by atoms with Crippen molar-refractivity contribution >= 4 is 23.3 Å². The molecule has 0 spiro atoms. The molecule has 6 heteroatoms. The molecule has 0 aromatic heterocycles. The first-order valence-corrected chi connectivity index (χ1v) is 6.44. The molecule has 106 valence electrons. The van der Waals surface area contributed by atoms with E-state index in [0.29, 0.717) is 0 Å². The Bertz CT molecular complexity index is 388. The SMILES string of the molecule is CCCCCCl.O=C(NO)C(=O)c1ccc(O)cc1. The highest BCUT2D eigenvalue weighted by Gasteiger charge is 2.14. The number of phenolic OH excluding ortho intramolecular Hbond substituents is 1. The highest BCUT2D eigenvalue weighted by atomic mass is 35.5. The van der Waals surface area contributed by atoms with Gasteiger partial charge in [-0.25, -0.2) is 5.48 Å². The van der Waals surface area contributed by atoms with Gasteiger partial charge in [0.15, 0.2) is 0 Å². The largest absolute Gasteiger partial charge is 0.508 e. The first kappa shape index (κ1) is 17.4. The minimum absolute atomic E-state index is 0.000886. The quantitative estimate of drug-likeness (QED) is 0.194. The summed E-state index contributed by atoms with van der Waals surface area (Å²) in [5.41, 5.74) is 1.33. The van der Waals surface area contributed by atoms with Crippen LogP contribution in [0.5, 0.6) is 5.75 Å². The molecular weight excluding hydrogens is 270 g/mol. The third-order valence-electron chi connectivity index (χ3n) is 2.17. The molecule has 0 unspecified atom stereocenters. The van der Waals surface area contributed by atoms with Crippen LogP contribution in [0.2, 0.25) is 0 Å². The predicted molar refractivity (Wildman–Crippen MR) is 72.6 cm³/mol. The molecule has 0 saturated carbocycles. The molecule has 5 nitrogen and oxygen atoms in total. The number of nitrogens with one attached hydrogen (secondary N) is 1. The fraction of sp³-hybridized carbons (Fsp3) is 0.385. The van der Waals surface area contributed by atoms with E-state index in [1.54, 1.807) is 0 Å². The molecule has 0 atom stereocenters. The van der Waals surface area contributed by atoms with Crippen molar-refractivity contribution < 1.29 is 19.9 Å². The summed E-state index contributed by atoms with van der Waals surface area (Å²) in [5, 5.41) is 17.0. The number of amides is 1. The molecule has 0 radical (unpaired) electrons. The Morgan fingerprint density at radius 3 is 2.16 bits per heavy atom. The zero-order valence-corrected chi connectivity index (χ0v) is 11.5. The van der Waals surface area contributed by atoms with E-state index in [9.17, 15) is 9.59 Å². The number of phenols is 1. The number of rotatable bonds is 5. The highest BCUT2D eigenvalue weighted by molar-refractivity contribution is 6.42. The molecule has 1 aromatic carbocycles. The molecule has 0 bridgehead atoms. The van der Waals surface area contributed by atoms with E-state index >= 15 is 0 Å². The van der Waals surface area contributed by atoms with Gasteiger partial charge in [0.2, 0.25) is 0 Å². The van der Waals surface area contributed by atoms with E-state index in [4.69, 9.17) is 21.9 Å². The van der Waals surface area contributed by atoms with Crippen molar-refractivity contribution in [2.24, 2.45) is 0 Å². The summed E-state index contributed by atoms with van der Waals surface area (Å²) in [6.45, 7) is 2.17. The second-order valence-corrected chi connectivity index (χ2v) is 4.09. The molecule has 19 heavy (non-hydrogen) atoms. The van der Waals surface area contributed by atoms with E-state index in [1.165, 1.54) is 49.0 Å². The Morgan fingerprint density at radius 1 is 1.21 bits per heavy atom. The molecule has 0 aliphatic carbocycles. The fourth-order valence-corrected chi connectivity index (χ4v) is 1.33. The summed E-state index contributed by atoms with van der Waals surface area (Å²) < 4.78 is 0. The number of aromatic hydroxyl groups is 1. The van der Waals surface area contributed by atoms with Gasteiger partial charge in [-0.15, -0.1) is 11.6 Å². The van der Waals surface area contributed by atoms with E-state index < -0.39 is 11.7 Å². The topological polar surface area (TPSA) is 86.6 Å². The maximum Gasteiger partial charge on any atom is 0.315 e. The van der Waals surface area contributed by atoms with Gasteiger partial charge in [-0.2, -0.15) is 0 Å². The first-order chi connectivity index (χ1) is 9.06. The lowest BCUT2D eigenvalue weighted by molar-refractivity contribution is -0.124. The van der Waals surface area contributed by atoms with Gasteiger partial charge in [-0.05, 0) is 30.7 Å². The number of ketones is 1. The Morgan fingerprint density at radius 2 is 1.79 bits per heavy atom. The van der Waals surface area contributed by atoms with Gasteiger partial charge in [-0.3, -0.25) is 14.8 Å². The molecule has 0 saturated heterocycles. The van der Waals surface area contributed by atoms with Crippen LogP contribution in [0.15, 0.2) is 24.3 Å². The molecule has 1 amide bonds. The van der Waals surface area contributed by atoms with Crippen LogP contribution in [-0.4, -0.2) is 27.9 Å². The van der Waals surface area contributed by atoms with Crippen molar-refractivity contribution in [2.45, 2.75) is 26.2 Å². The summed E-state index contributed by atoms with van der Waals surface area (Å²) in [6, 6.07) is 5.12. The highest BCUT2D eigenvalue weighted by Crippen LogP contribution is 2.09. The number of carbonyl (C=O) groups excluding carboxylic acids is 2. The number of Topliss-reactive ketones (excluding diaryl/α,β-unsaturated/α-hetero) is 1. The van der Waals surface area contributed by atoms with Crippen LogP contribution in [0.4, 0.5) is 0 Å². The molecule has 0 heterocycles. The molecule has 3 N–H and O–H groups in total. The Hall–Kier alpha value is -1.59. The number of alkyl halides is 1. The third kappa shape index (κ3) is 7.43. The monoisotopic (exact) mass is 287 g/mol. The molecule has 0 fully saturated rings. The van der Waals surface area contributed by atoms with Gasteiger partial charge in [-0.1, -0.05) is 19.8 Å².